The molecule has 1 aromatic heterocycles. The molecule has 0 N–H and O–H groups in total. The van der Waals surface area contributed by atoms with Gasteiger partial charge in [0.25, 0.3) is 0 Å². The van der Waals surface area contributed by atoms with Crippen LogP contribution in [0.4, 0.5) is 0 Å². The van der Waals surface area contributed by atoms with Crippen molar-refractivity contribution in [3.8, 4) is 0 Å². The molecule has 0 nitrogen and oxygen atoms in total. The van der Waals surface area contributed by atoms with Crippen molar-refractivity contribution in [2.24, 2.45) is 0 Å². The van der Waals surface area contributed by atoms with E-state index in [2.05, 4.69) is 38.3 Å². The number of hydrogen-bond donors (Lipinski definition) is 0. The van der Waals surface area contributed by atoms with Crippen LogP contribution in [-0.4, -0.2) is 0 Å². The summed E-state index contributed by atoms with van der Waals surface area (Å²) >= 11 is 1.85. The van der Waals surface area contributed by atoms with Crippen LogP contribution in [0.3, 0.4) is 0 Å². The molecule has 11 heavy (non-hydrogen) atoms. The van der Waals surface area contributed by atoms with Gasteiger partial charge in [-0.25, -0.2) is 0 Å². The average molecular weight is 166 g/mol. The van der Waals surface area contributed by atoms with Crippen molar-refractivity contribution in [1.82, 2.24) is 0 Å². The molecule has 0 atom stereocenters. The SMILES string of the molecule is CC(C)=CCc1sccc1C. The lowest BCUT2D eigenvalue weighted by Crippen LogP contribution is -1.78. The lowest BCUT2D eigenvalue weighted by Gasteiger charge is -1.93. The standard InChI is InChI=1S/C10H14S/c1-8(2)4-5-10-9(3)6-7-11-10/h4,6-7H,5H2,1-3H3. The van der Waals surface area contributed by atoms with Gasteiger partial charge in [0, 0.05) is 11.3 Å². The van der Waals surface area contributed by atoms with Crippen molar-refractivity contribution in [3.63, 3.8) is 0 Å². The van der Waals surface area contributed by atoms with Gasteiger partial charge < -0.3 is 0 Å². The second-order valence-electron chi connectivity index (χ2n) is 3.01. The molecule has 0 bridgehead atoms. The summed E-state index contributed by atoms with van der Waals surface area (Å²) < 4.78 is 0. The normalized spacial score (nSPS) is 9.73. The second-order valence-corrected chi connectivity index (χ2v) is 4.01. The van der Waals surface area contributed by atoms with Crippen LogP contribution in [0, 0.1) is 6.92 Å². The molecular formula is C10H14S. The molecule has 0 fully saturated rings. The zero-order valence-corrected chi connectivity index (χ0v) is 8.16. The summed E-state index contributed by atoms with van der Waals surface area (Å²) in [5.74, 6) is 0. The van der Waals surface area contributed by atoms with Gasteiger partial charge in [-0.15, -0.1) is 11.3 Å². The molecule has 0 radical (unpaired) electrons. The fraction of sp³-hybridized carbons (Fsp3) is 0.400. The van der Waals surface area contributed by atoms with E-state index in [0.717, 1.165) is 6.42 Å². The molecule has 0 unspecified atom stereocenters. The van der Waals surface area contributed by atoms with Crippen molar-refractivity contribution in [2.75, 3.05) is 0 Å². The van der Waals surface area contributed by atoms with Crippen molar-refractivity contribution in [2.45, 2.75) is 27.2 Å². The molecule has 1 aromatic rings. The van der Waals surface area contributed by atoms with Crippen LogP contribution in [-0.2, 0) is 6.42 Å². The van der Waals surface area contributed by atoms with E-state index in [4.69, 9.17) is 0 Å². The number of allylic oxidation sites excluding steroid dienone is 2. The van der Waals surface area contributed by atoms with E-state index in [1.807, 2.05) is 11.3 Å². The maximum absolute atomic E-state index is 2.28. The van der Waals surface area contributed by atoms with Crippen LogP contribution in [0.25, 0.3) is 0 Å². The van der Waals surface area contributed by atoms with Gasteiger partial charge >= 0.3 is 0 Å². The highest BCUT2D eigenvalue weighted by Crippen LogP contribution is 2.16. The molecule has 0 aliphatic rings. The first-order valence-electron chi connectivity index (χ1n) is 3.86. The minimum absolute atomic E-state index is 1.10. The highest BCUT2D eigenvalue weighted by Gasteiger charge is 1.95. The van der Waals surface area contributed by atoms with Crippen molar-refractivity contribution < 1.29 is 0 Å². The number of aryl methyl sites for hydroxylation is 1. The van der Waals surface area contributed by atoms with Crippen molar-refractivity contribution in [1.29, 1.82) is 0 Å². The van der Waals surface area contributed by atoms with Gasteiger partial charge in [0.15, 0.2) is 0 Å². The largest absolute Gasteiger partial charge is 0.148 e. The average Bonchev–Trinajstić information content (AvgIpc) is 2.31. The van der Waals surface area contributed by atoms with Gasteiger partial charge in [-0.2, -0.15) is 0 Å². The Morgan fingerprint density at radius 2 is 2.27 bits per heavy atom. The summed E-state index contributed by atoms with van der Waals surface area (Å²) in [5.41, 5.74) is 2.82. The minimum Gasteiger partial charge on any atom is -0.148 e. The zero-order valence-electron chi connectivity index (χ0n) is 7.35. The lowest BCUT2D eigenvalue weighted by molar-refractivity contribution is 1.23. The van der Waals surface area contributed by atoms with Crippen molar-refractivity contribution in [3.05, 3.63) is 33.5 Å². The summed E-state index contributed by atoms with van der Waals surface area (Å²) in [4.78, 5) is 1.49. The molecule has 0 aromatic carbocycles. The fourth-order valence-electron chi connectivity index (χ4n) is 0.910. The van der Waals surface area contributed by atoms with Crippen molar-refractivity contribution >= 4 is 11.3 Å². The van der Waals surface area contributed by atoms with E-state index in [1.165, 1.54) is 16.0 Å². The molecule has 1 rings (SSSR count). The summed E-state index contributed by atoms with van der Waals surface area (Å²) in [7, 11) is 0. The Kier molecular flexibility index (Phi) is 2.89. The molecule has 0 saturated heterocycles. The predicted octanol–water partition coefficient (Wildman–Crippen LogP) is 3.57. The van der Waals surface area contributed by atoms with Crippen LogP contribution < -0.4 is 0 Å². The predicted molar refractivity (Wildman–Crippen MR) is 52.2 cm³/mol. The smallest absolute Gasteiger partial charge is 0.0112 e. The summed E-state index contributed by atoms with van der Waals surface area (Å²) in [6, 6.07) is 2.18. The van der Waals surface area contributed by atoms with E-state index in [9.17, 15) is 0 Å². The van der Waals surface area contributed by atoms with E-state index in [-0.39, 0.29) is 0 Å². The quantitative estimate of drug-likeness (QED) is 0.589. The Morgan fingerprint density at radius 3 is 2.73 bits per heavy atom. The Bertz CT molecular complexity index is 252. The van der Waals surface area contributed by atoms with Gasteiger partial charge in [0.2, 0.25) is 0 Å². The third-order valence-electron chi connectivity index (χ3n) is 1.66. The van der Waals surface area contributed by atoms with Gasteiger partial charge in [-0.05, 0) is 37.8 Å². The number of rotatable bonds is 2. The van der Waals surface area contributed by atoms with Gasteiger partial charge in [-0.1, -0.05) is 11.6 Å². The number of hydrogen-bond acceptors (Lipinski definition) is 1. The van der Waals surface area contributed by atoms with Gasteiger partial charge in [0.05, 0.1) is 0 Å². The van der Waals surface area contributed by atoms with E-state index >= 15 is 0 Å². The van der Waals surface area contributed by atoms with Crippen LogP contribution in [0.5, 0.6) is 0 Å². The third kappa shape index (κ3) is 2.51. The van der Waals surface area contributed by atoms with E-state index in [1.54, 1.807) is 0 Å². The fourth-order valence-corrected chi connectivity index (χ4v) is 1.78. The Morgan fingerprint density at radius 1 is 1.55 bits per heavy atom. The monoisotopic (exact) mass is 166 g/mol. The maximum atomic E-state index is 2.28. The van der Waals surface area contributed by atoms with Gasteiger partial charge in [-0.3, -0.25) is 0 Å². The topological polar surface area (TPSA) is 0 Å². The zero-order chi connectivity index (χ0) is 8.27. The van der Waals surface area contributed by atoms with Crippen LogP contribution in [0.2, 0.25) is 0 Å². The molecule has 0 spiro atoms. The Hall–Kier alpha value is -0.560. The third-order valence-corrected chi connectivity index (χ3v) is 2.71. The lowest BCUT2D eigenvalue weighted by atomic mass is 10.2. The first-order chi connectivity index (χ1) is 5.20. The molecule has 0 aliphatic heterocycles. The van der Waals surface area contributed by atoms with Crippen LogP contribution in [0.15, 0.2) is 23.1 Å². The Balaban J connectivity index is 2.65. The maximum Gasteiger partial charge on any atom is 0.0112 e. The molecule has 0 saturated carbocycles. The van der Waals surface area contributed by atoms with E-state index < -0.39 is 0 Å². The first-order valence-corrected chi connectivity index (χ1v) is 4.74. The highest BCUT2D eigenvalue weighted by atomic mass is 32.1. The number of thiophene rings is 1. The molecule has 60 valence electrons. The Labute approximate surface area is 72.6 Å². The molecule has 1 heterocycles. The highest BCUT2D eigenvalue weighted by molar-refractivity contribution is 7.10. The van der Waals surface area contributed by atoms with Gasteiger partial charge in [0.1, 0.15) is 0 Å². The van der Waals surface area contributed by atoms with E-state index in [0.29, 0.717) is 0 Å². The summed E-state index contributed by atoms with van der Waals surface area (Å²) in [5, 5.41) is 2.16. The second kappa shape index (κ2) is 3.72. The molecule has 0 aliphatic carbocycles. The summed E-state index contributed by atoms with van der Waals surface area (Å²) in [6.07, 6.45) is 3.38. The molecule has 0 amide bonds. The summed E-state index contributed by atoms with van der Waals surface area (Å²) in [6.45, 7) is 6.45. The molecular weight excluding hydrogens is 152 g/mol. The first kappa shape index (κ1) is 8.54. The van der Waals surface area contributed by atoms with Crippen LogP contribution in [0.1, 0.15) is 24.3 Å². The minimum atomic E-state index is 1.10. The van der Waals surface area contributed by atoms with Crippen LogP contribution >= 0.6 is 11.3 Å². The molecule has 1 heteroatoms.